The number of nitrogens with one attached hydrogen (secondary N) is 2. The molecule has 0 aliphatic rings. The number of anilines is 1. The number of carboxylic acids is 1. The van der Waals surface area contributed by atoms with Crippen LogP contribution in [0.3, 0.4) is 0 Å². The predicted molar refractivity (Wildman–Crippen MR) is 76.5 cm³/mol. The van der Waals surface area contributed by atoms with Crippen molar-refractivity contribution in [2.24, 2.45) is 0 Å². The van der Waals surface area contributed by atoms with E-state index in [1.165, 1.54) is 12.1 Å². The lowest BCUT2D eigenvalue weighted by Crippen LogP contribution is -2.43. The van der Waals surface area contributed by atoms with Crippen LogP contribution in [0.4, 0.5) is 5.69 Å². The first kappa shape index (κ1) is 15.9. The average Bonchev–Trinajstić information content (AvgIpc) is 2.16. The normalized spacial score (nSPS) is 12.2. The fourth-order valence-corrected chi connectivity index (χ4v) is 3.04. The van der Waals surface area contributed by atoms with Gasteiger partial charge in [-0.25, -0.2) is 4.79 Å². The van der Waals surface area contributed by atoms with Crippen LogP contribution in [0.2, 0.25) is 0 Å². The molecule has 0 unspecified atom stereocenters. The Bertz CT molecular complexity index is 593. The van der Waals surface area contributed by atoms with Gasteiger partial charge >= 0.3 is 5.97 Å². The Morgan fingerprint density at radius 3 is 2.37 bits per heavy atom. The maximum absolute atomic E-state index is 11.8. The molecular formula is C11H15BrN2O4S. The molecule has 1 aromatic rings. The van der Waals surface area contributed by atoms with Crippen molar-refractivity contribution in [3.05, 3.63) is 28.2 Å². The Kier molecular flexibility index (Phi) is 4.59. The largest absolute Gasteiger partial charge is 0.478 e. The molecule has 19 heavy (non-hydrogen) atoms. The summed E-state index contributed by atoms with van der Waals surface area (Å²) in [4.78, 5) is 11.1. The van der Waals surface area contributed by atoms with Crippen LogP contribution in [0.1, 0.15) is 31.1 Å². The van der Waals surface area contributed by atoms with Crippen molar-refractivity contribution in [2.45, 2.75) is 26.3 Å². The van der Waals surface area contributed by atoms with Gasteiger partial charge in [0.05, 0.1) is 11.3 Å². The highest BCUT2D eigenvalue weighted by Crippen LogP contribution is 2.22. The first-order chi connectivity index (χ1) is 8.50. The van der Waals surface area contributed by atoms with E-state index in [-0.39, 0.29) is 11.3 Å². The molecule has 0 aromatic heterocycles. The van der Waals surface area contributed by atoms with E-state index in [0.29, 0.717) is 4.47 Å². The molecule has 0 radical (unpaired) electrons. The molecule has 0 aliphatic carbocycles. The highest BCUT2D eigenvalue weighted by atomic mass is 79.9. The molecule has 0 saturated heterocycles. The summed E-state index contributed by atoms with van der Waals surface area (Å²) in [5, 5.41) is 9.04. The maximum Gasteiger partial charge on any atom is 0.337 e. The van der Waals surface area contributed by atoms with E-state index in [9.17, 15) is 13.2 Å². The molecular weight excluding hydrogens is 336 g/mol. The van der Waals surface area contributed by atoms with Gasteiger partial charge < -0.3 is 5.11 Å². The number of hydrogen-bond donors (Lipinski definition) is 3. The highest BCUT2D eigenvalue weighted by Gasteiger charge is 2.22. The van der Waals surface area contributed by atoms with Gasteiger partial charge in [-0.05, 0) is 39.0 Å². The van der Waals surface area contributed by atoms with Gasteiger partial charge in [0.2, 0.25) is 0 Å². The van der Waals surface area contributed by atoms with Gasteiger partial charge in [0.1, 0.15) is 0 Å². The zero-order valence-electron chi connectivity index (χ0n) is 10.7. The van der Waals surface area contributed by atoms with E-state index < -0.39 is 21.7 Å². The van der Waals surface area contributed by atoms with Crippen molar-refractivity contribution in [3.63, 3.8) is 0 Å². The molecule has 6 nitrogen and oxygen atoms in total. The minimum Gasteiger partial charge on any atom is -0.478 e. The second kappa shape index (κ2) is 5.48. The molecule has 1 rings (SSSR count). The fraction of sp³-hybridized carbons (Fsp3) is 0.364. The van der Waals surface area contributed by atoms with E-state index >= 15 is 0 Å². The van der Waals surface area contributed by atoms with Gasteiger partial charge in [-0.1, -0.05) is 15.9 Å². The second-order valence-electron chi connectivity index (χ2n) is 4.95. The number of aromatic carboxylic acids is 1. The smallest absolute Gasteiger partial charge is 0.337 e. The summed E-state index contributed by atoms with van der Waals surface area (Å²) in [5.41, 5.74) is -0.786. The SMILES string of the molecule is CC(C)(C)NS(=O)(=O)Nc1ccc(Br)cc1C(=O)O. The number of carboxylic acid groups (broad SMARTS) is 1. The Morgan fingerprint density at radius 2 is 1.89 bits per heavy atom. The van der Waals surface area contributed by atoms with Crippen LogP contribution in [0.25, 0.3) is 0 Å². The minimum atomic E-state index is -3.84. The zero-order chi connectivity index (χ0) is 14.8. The van der Waals surface area contributed by atoms with Gasteiger partial charge in [-0.2, -0.15) is 13.1 Å². The third-order valence-electron chi connectivity index (χ3n) is 1.90. The first-order valence-corrected chi connectivity index (χ1v) is 7.62. The van der Waals surface area contributed by atoms with Crippen LogP contribution in [-0.2, 0) is 10.2 Å². The summed E-state index contributed by atoms with van der Waals surface area (Å²) >= 11 is 3.14. The topological polar surface area (TPSA) is 95.5 Å². The van der Waals surface area contributed by atoms with Crippen molar-refractivity contribution < 1.29 is 18.3 Å². The molecule has 106 valence electrons. The van der Waals surface area contributed by atoms with Crippen LogP contribution >= 0.6 is 15.9 Å². The Morgan fingerprint density at radius 1 is 1.32 bits per heavy atom. The lowest BCUT2D eigenvalue weighted by Gasteiger charge is -2.21. The number of carbonyl (C=O) groups is 1. The van der Waals surface area contributed by atoms with Crippen molar-refractivity contribution in [3.8, 4) is 0 Å². The van der Waals surface area contributed by atoms with Gasteiger partial charge in [-0.15, -0.1) is 0 Å². The standard InChI is InChI=1S/C11H15BrN2O4S/c1-11(2,3)14-19(17,18)13-9-5-4-7(12)6-8(9)10(15)16/h4-6,13-14H,1-3H3,(H,15,16). The third-order valence-corrected chi connectivity index (χ3v) is 3.76. The summed E-state index contributed by atoms with van der Waals surface area (Å²) in [6.07, 6.45) is 0. The molecule has 0 bridgehead atoms. The summed E-state index contributed by atoms with van der Waals surface area (Å²) in [7, 11) is -3.84. The number of halogens is 1. The molecule has 1 aromatic carbocycles. The lowest BCUT2D eigenvalue weighted by atomic mass is 10.1. The quantitative estimate of drug-likeness (QED) is 0.775. The lowest BCUT2D eigenvalue weighted by molar-refractivity contribution is 0.0698. The van der Waals surface area contributed by atoms with Crippen LogP contribution in [0.5, 0.6) is 0 Å². The molecule has 0 saturated carbocycles. The minimum absolute atomic E-state index is 0.00690. The molecule has 0 amide bonds. The van der Waals surface area contributed by atoms with E-state index in [2.05, 4.69) is 25.4 Å². The van der Waals surface area contributed by atoms with E-state index in [1.54, 1.807) is 26.8 Å². The average molecular weight is 351 g/mol. The van der Waals surface area contributed by atoms with E-state index in [1.807, 2.05) is 0 Å². The van der Waals surface area contributed by atoms with E-state index in [0.717, 1.165) is 0 Å². The van der Waals surface area contributed by atoms with Gasteiger partial charge in [0, 0.05) is 10.0 Å². The van der Waals surface area contributed by atoms with Gasteiger partial charge in [-0.3, -0.25) is 4.72 Å². The third kappa shape index (κ3) is 5.17. The van der Waals surface area contributed by atoms with Gasteiger partial charge in [0.25, 0.3) is 10.2 Å². The molecule has 0 aliphatic heterocycles. The summed E-state index contributed by atoms with van der Waals surface area (Å²) in [6.45, 7) is 5.06. The van der Waals surface area contributed by atoms with Crippen LogP contribution in [0.15, 0.2) is 22.7 Å². The fourth-order valence-electron chi connectivity index (χ4n) is 1.36. The zero-order valence-corrected chi connectivity index (χ0v) is 13.1. The molecule has 0 spiro atoms. The second-order valence-corrected chi connectivity index (χ2v) is 7.28. The van der Waals surface area contributed by atoms with E-state index in [4.69, 9.17) is 5.11 Å². The molecule has 3 N–H and O–H groups in total. The molecule has 0 fully saturated rings. The Labute approximate surface area is 120 Å². The molecule has 0 heterocycles. The number of rotatable bonds is 4. The Balaban J connectivity index is 3.10. The van der Waals surface area contributed by atoms with Crippen LogP contribution in [0, 0.1) is 0 Å². The van der Waals surface area contributed by atoms with Crippen LogP contribution in [-0.4, -0.2) is 25.0 Å². The highest BCUT2D eigenvalue weighted by molar-refractivity contribution is 9.10. The first-order valence-electron chi connectivity index (χ1n) is 5.35. The number of hydrogen-bond acceptors (Lipinski definition) is 3. The van der Waals surface area contributed by atoms with Crippen molar-refractivity contribution in [1.82, 2.24) is 4.72 Å². The predicted octanol–water partition coefficient (Wildman–Crippen LogP) is 2.19. The van der Waals surface area contributed by atoms with Crippen molar-refractivity contribution >= 4 is 37.8 Å². The Hall–Kier alpha value is -1.12. The van der Waals surface area contributed by atoms with Crippen molar-refractivity contribution in [1.29, 1.82) is 0 Å². The maximum atomic E-state index is 11.8. The summed E-state index contributed by atoms with van der Waals surface area (Å²) in [6, 6.07) is 4.27. The summed E-state index contributed by atoms with van der Waals surface area (Å²) < 4.78 is 28.8. The van der Waals surface area contributed by atoms with Crippen LogP contribution < -0.4 is 9.44 Å². The molecule has 0 atom stereocenters. The van der Waals surface area contributed by atoms with Gasteiger partial charge in [0.15, 0.2) is 0 Å². The molecule has 8 heteroatoms. The monoisotopic (exact) mass is 350 g/mol. The number of benzene rings is 1. The van der Waals surface area contributed by atoms with Crippen molar-refractivity contribution in [2.75, 3.05) is 4.72 Å². The summed E-state index contributed by atoms with van der Waals surface area (Å²) in [5.74, 6) is -1.21.